The Morgan fingerprint density at radius 1 is 1.31 bits per heavy atom. The summed E-state index contributed by atoms with van der Waals surface area (Å²) in [4.78, 5) is 4.37. The van der Waals surface area contributed by atoms with E-state index in [0.29, 0.717) is 6.04 Å². The van der Waals surface area contributed by atoms with Gasteiger partial charge in [-0.25, -0.2) is 4.98 Å². The number of aromatic nitrogens is 2. The van der Waals surface area contributed by atoms with Gasteiger partial charge in [0.05, 0.1) is 11.9 Å². The summed E-state index contributed by atoms with van der Waals surface area (Å²) in [5.41, 5.74) is 2.24. The average Bonchev–Trinajstić information content (AvgIpc) is 2.96. The number of imidazole rings is 1. The van der Waals surface area contributed by atoms with E-state index in [-0.39, 0.29) is 0 Å². The second-order valence-electron chi connectivity index (χ2n) is 4.20. The highest BCUT2D eigenvalue weighted by atomic mass is 15.0. The number of fused-ring (bicyclic) bond motifs is 1. The fourth-order valence-electron chi connectivity index (χ4n) is 2.15. The van der Waals surface area contributed by atoms with Crippen molar-refractivity contribution in [2.24, 2.45) is 0 Å². The Hall–Kier alpha value is -1.61. The van der Waals surface area contributed by atoms with Gasteiger partial charge in [0.15, 0.2) is 0 Å². The van der Waals surface area contributed by atoms with Crippen LogP contribution in [0.2, 0.25) is 0 Å². The molecule has 1 aliphatic rings. The van der Waals surface area contributed by atoms with Crippen LogP contribution in [0, 0.1) is 0 Å². The van der Waals surface area contributed by atoms with Crippen molar-refractivity contribution in [2.45, 2.75) is 25.4 Å². The van der Waals surface area contributed by atoms with Crippen molar-refractivity contribution >= 4 is 5.65 Å². The smallest absolute Gasteiger partial charge is 0.136 e. The lowest BCUT2D eigenvalue weighted by molar-refractivity contribution is 0.532. The fraction of sp³-hybridized carbons (Fsp3) is 0.308. The van der Waals surface area contributed by atoms with E-state index < -0.39 is 0 Å². The van der Waals surface area contributed by atoms with E-state index in [1.807, 2.05) is 24.4 Å². The monoisotopic (exact) mass is 213 g/mol. The summed E-state index contributed by atoms with van der Waals surface area (Å²) in [5.74, 6) is 0. The molecule has 0 saturated heterocycles. The number of pyridine rings is 1. The van der Waals surface area contributed by atoms with Crippen LogP contribution >= 0.6 is 0 Å². The molecule has 0 bridgehead atoms. The van der Waals surface area contributed by atoms with Crippen LogP contribution in [0.3, 0.4) is 0 Å². The van der Waals surface area contributed by atoms with Crippen molar-refractivity contribution in [1.82, 2.24) is 14.7 Å². The van der Waals surface area contributed by atoms with E-state index in [4.69, 9.17) is 0 Å². The van der Waals surface area contributed by atoms with Gasteiger partial charge in [-0.15, -0.1) is 0 Å². The Bertz CT molecular complexity index is 505. The molecule has 0 saturated carbocycles. The Morgan fingerprint density at radius 2 is 2.19 bits per heavy atom. The molecule has 1 aliphatic carbocycles. The summed E-state index contributed by atoms with van der Waals surface area (Å²) in [6, 6.07) is 6.69. The van der Waals surface area contributed by atoms with Gasteiger partial charge in [0.1, 0.15) is 5.65 Å². The van der Waals surface area contributed by atoms with E-state index >= 15 is 0 Å². The van der Waals surface area contributed by atoms with Crippen LogP contribution < -0.4 is 5.32 Å². The molecule has 2 heterocycles. The largest absolute Gasteiger partial charge is 0.308 e. The summed E-state index contributed by atoms with van der Waals surface area (Å²) >= 11 is 0. The standard InChI is InChI=1S/C13H15N3/c1-2-6-11(5-1)14-9-12-10-15-13-7-3-4-8-16(12)13/h1-4,7-8,10-11,14H,5-6,9H2. The Kier molecular flexibility index (Phi) is 2.46. The van der Waals surface area contributed by atoms with Gasteiger partial charge in [0.2, 0.25) is 0 Å². The first-order chi connectivity index (χ1) is 7.93. The maximum absolute atomic E-state index is 4.37. The molecule has 0 aromatic carbocycles. The molecule has 0 fully saturated rings. The number of hydrogen-bond acceptors (Lipinski definition) is 2. The molecule has 3 nitrogen and oxygen atoms in total. The van der Waals surface area contributed by atoms with E-state index in [2.05, 4.69) is 33.1 Å². The molecule has 0 amide bonds. The van der Waals surface area contributed by atoms with Gasteiger partial charge in [-0.3, -0.25) is 0 Å². The van der Waals surface area contributed by atoms with E-state index in [9.17, 15) is 0 Å². The second kappa shape index (κ2) is 4.10. The summed E-state index contributed by atoms with van der Waals surface area (Å²) in [6.07, 6.45) is 10.8. The van der Waals surface area contributed by atoms with Gasteiger partial charge in [0, 0.05) is 18.8 Å². The predicted octanol–water partition coefficient (Wildman–Crippen LogP) is 2.14. The minimum atomic E-state index is 0.606. The zero-order valence-electron chi connectivity index (χ0n) is 9.13. The Morgan fingerprint density at radius 3 is 3.06 bits per heavy atom. The lowest BCUT2D eigenvalue weighted by Crippen LogP contribution is -2.26. The predicted molar refractivity (Wildman–Crippen MR) is 64.2 cm³/mol. The number of rotatable bonds is 3. The molecule has 0 radical (unpaired) electrons. The normalized spacial score (nSPS) is 16.2. The molecule has 2 aromatic heterocycles. The second-order valence-corrected chi connectivity index (χ2v) is 4.20. The SMILES string of the molecule is C1=CCC(NCc2cnc3ccccn23)C1. The summed E-state index contributed by atoms with van der Waals surface area (Å²) in [6.45, 7) is 0.886. The van der Waals surface area contributed by atoms with E-state index in [1.54, 1.807) is 0 Å². The third-order valence-electron chi connectivity index (χ3n) is 3.07. The van der Waals surface area contributed by atoms with Gasteiger partial charge in [-0.2, -0.15) is 0 Å². The first-order valence-electron chi connectivity index (χ1n) is 5.73. The van der Waals surface area contributed by atoms with E-state index in [1.165, 1.54) is 5.69 Å². The molecule has 0 atom stereocenters. The average molecular weight is 213 g/mol. The molecule has 0 unspecified atom stereocenters. The molecule has 0 aliphatic heterocycles. The first-order valence-corrected chi connectivity index (χ1v) is 5.73. The topological polar surface area (TPSA) is 29.3 Å². The Balaban J connectivity index is 1.74. The Labute approximate surface area is 94.8 Å². The number of hydrogen-bond donors (Lipinski definition) is 1. The van der Waals surface area contributed by atoms with Crippen LogP contribution in [-0.2, 0) is 6.54 Å². The first kappa shape index (κ1) is 9.60. The highest BCUT2D eigenvalue weighted by Crippen LogP contribution is 2.11. The van der Waals surface area contributed by atoms with Crippen LogP contribution in [0.5, 0.6) is 0 Å². The van der Waals surface area contributed by atoms with E-state index in [0.717, 1.165) is 25.0 Å². The van der Waals surface area contributed by atoms with Gasteiger partial charge >= 0.3 is 0 Å². The summed E-state index contributed by atoms with van der Waals surface area (Å²) in [5, 5.41) is 3.55. The van der Waals surface area contributed by atoms with Gasteiger partial charge < -0.3 is 9.72 Å². The van der Waals surface area contributed by atoms with Crippen molar-refractivity contribution in [2.75, 3.05) is 0 Å². The molecular weight excluding hydrogens is 198 g/mol. The van der Waals surface area contributed by atoms with Crippen LogP contribution in [0.4, 0.5) is 0 Å². The molecule has 1 N–H and O–H groups in total. The van der Waals surface area contributed by atoms with Gasteiger partial charge in [-0.05, 0) is 25.0 Å². The summed E-state index contributed by atoms with van der Waals surface area (Å²) < 4.78 is 2.13. The third-order valence-corrected chi connectivity index (χ3v) is 3.07. The number of nitrogens with zero attached hydrogens (tertiary/aromatic N) is 2. The van der Waals surface area contributed by atoms with Crippen LogP contribution in [0.25, 0.3) is 5.65 Å². The molecular formula is C13H15N3. The van der Waals surface area contributed by atoms with Crippen molar-refractivity contribution in [3.05, 3.63) is 48.4 Å². The molecule has 3 rings (SSSR count). The minimum absolute atomic E-state index is 0.606. The van der Waals surface area contributed by atoms with Gasteiger partial charge in [-0.1, -0.05) is 18.2 Å². The van der Waals surface area contributed by atoms with Crippen molar-refractivity contribution in [1.29, 1.82) is 0 Å². The number of nitrogens with one attached hydrogen (secondary N) is 1. The maximum Gasteiger partial charge on any atom is 0.136 e. The summed E-state index contributed by atoms with van der Waals surface area (Å²) in [7, 11) is 0. The highest BCUT2D eigenvalue weighted by Gasteiger charge is 2.10. The van der Waals surface area contributed by atoms with Crippen molar-refractivity contribution in [3.63, 3.8) is 0 Å². The molecule has 0 spiro atoms. The van der Waals surface area contributed by atoms with Crippen molar-refractivity contribution < 1.29 is 0 Å². The van der Waals surface area contributed by atoms with Crippen molar-refractivity contribution in [3.8, 4) is 0 Å². The maximum atomic E-state index is 4.37. The molecule has 82 valence electrons. The van der Waals surface area contributed by atoms with Crippen LogP contribution in [0.1, 0.15) is 18.5 Å². The van der Waals surface area contributed by atoms with Crippen LogP contribution in [-0.4, -0.2) is 15.4 Å². The van der Waals surface area contributed by atoms with Crippen LogP contribution in [0.15, 0.2) is 42.7 Å². The lowest BCUT2D eigenvalue weighted by Gasteiger charge is -2.11. The molecule has 3 heteroatoms. The molecule has 16 heavy (non-hydrogen) atoms. The highest BCUT2D eigenvalue weighted by molar-refractivity contribution is 5.39. The molecule has 2 aromatic rings. The zero-order valence-corrected chi connectivity index (χ0v) is 9.13. The van der Waals surface area contributed by atoms with Gasteiger partial charge in [0.25, 0.3) is 0 Å². The fourth-order valence-corrected chi connectivity index (χ4v) is 2.15. The minimum Gasteiger partial charge on any atom is -0.308 e. The quantitative estimate of drug-likeness (QED) is 0.791. The lowest BCUT2D eigenvalue weighted by atomic mass is 10.2. The zero-order chi connectivity index (χ0) is 10.8. The third kappa shape index (κ3) is 1.74.